The second-order valence-electron chi connectivity index (χ2n) is 8.06. The van der Waals surface area contributed by atoms with Crippen LogP contribution in [0.4, 0.5) is 5.82 Å². The summed E-state index contributed by atoms with van der Waals surface area (Å²) in [6, 6.07) is 12.3. The van der Waals surface area contributed by atoms with Crippen LogP contribution in [0.2, 0.25) is 0 Å². The number of anilines is 1. The van der Waals surface area contributed by atoms with Gasteiger partial charge in [0, 0.05) is 37.8 Å². The molecule has 0 N–H and O–H groups in total. The van der Waals surface area contributed by atoms with Crippen molar-refractivity contribution in [2.75, 3.05) is 43.1 Å². The van der Waals surface area contributed by atoms with Gasteiger partial charge >= 0.3 is 0 Å². The molecule has 0 bridgehead atoms. The van der Waals surface area contributed by atoms with Gasteiger partial charge < -0.3 is 14.5 Å². The molecule has 1 aromatic carbocycles. The average Bonchev–Trinajstić information content (AvgIpc) is 3.15. The Kier molecular flexibility index (Phi) is 5.69. The third-order valence-corrected chi connectivity index (χ3v) is 7.69. The number of pyridine rings is 1. The van der Waals surface area contributed by atoms with Crippen LogP contribution >= 0.6 is 0 Å². The average molecular weight is 430 g/mol. The summed E-state index contributed by atoms with van der Waals surface area (Å²) in [6.45, 7) is 3.56. The van der Waals surface area contributed by atoms with Crippen LogP contribution in [0.3, 0.4) is 0 Å². The van der Waals surface area contributed by atoms with Gasteiger partial charge in [-0.25, -0.2) is 13.4 Å². The summed E-state index contributed by atoms with van der Waals surface area (Å²) in [5.74, 6) is 2.04. The van der Waals surface area contributed by atoms with Crippen LogP contribution in [-0.2, 0) is 9.84 Å². The van der Waals surface area contributed by atoms with Gasteiger partial charge in [0.25, 0.3) is 5.91 Å². The maximum Gasteiger partial charge on any atom is 0.255 e. The molecule has 0 radical (unpaired) electrons. The first-order valence-corrected chi connectivity index (χ1v) is 12.0. The van der Waals surface area contributed by atoms with E-state index in [1.54, 1.807) is 24.3 Å². The molecule has 0 spiro atoms. The van der Waals surface area contributed by atoms with Crippen LogP contribution in [0.15, 0.2) is 42.6 Å². The fourth-order valence-electron chi connectivity index (χ4n) is 4.25. The van der Waals surface area contributed by atoms with Crippen molar-refractivity contribution in [2.45, 2.75) is 25.3 Å². The number of hydrogen-bond donors (Lipinski definition) is 0. The molecule has 30 heavy (non-hydrogen) atoms. The monoisotopic (exact) mass is 429 g/mol. The van der Waals surface area contributed by atoms with Crippen LogP contribution < -0.4 is 9.64 Å². The minimum Gasteiger partial charge on any atom is -0.497 e. The van der Waals surface area contributed by atoms with E-state index in [0.717, 1.165) is 24.5 Å². The molecule has 2 aromatic rings. The molecule has 0 saturated carbocycles. The molecule has 2 saturated heterocycles. The maximum atomic E-state index is 12.7. The lowest BCUT2D eigenvalue weighted by atomic mass is 9.97. The summed E-state index contributed by atoms with van der Waals surface area (Å²) in [7, 11) is -1.34. The zero-order valence-corrected chi connectivity index (χ0v) is 18.1. The van der Waals surface area contributed by atoms with Gasteiger partial charge in [-0.3, -0.25) is 4.79 Å². The predicted molar refractivity (Wildman–Crippen MR) is 116 cm³/mol. The van der Waals surface area contributed by atoms with Gasteiger partial charge in [0.05, 0.1) is 24.2 Å². The largest absolute Gasteiger partial charge is 0.497 e. The van der Waals surface area contributed by atoms with Crippen molar-refractivity contribution in [3.8, 4) is 5.75 Å². The molecule has 2 atom stereocenters. The molecule has 3 heterocycles. The highest BCUT2D eigenvalue weighted by Gasteiger charge is 2.31. The molecule has 1 aromatic heterocycles. The number of hydrogen-bond acceptors (Lipinski definition) is 6. The summed E-state index contributed by atoms with van der Waals surface area (Å²) >= 11 is 0. The van der Waals surface area contributed by atoms with Gasteiger partial charge in [0.2, 0.25) is 0 Å². The normalized spacial score (nSPS) is 23.4. The summed E-state index contributed by atoms with van der Waals surface area (Å²) < 4.78 is 28.4. The van der Waals surface area contributed by atoms with E-state index in [1.165, 1.54) is 5.56 Å². The van der Waals surface area contributed by atoms with Gasteiger partial charge in [-0.2, -0.15) is 0 Å². The minimum absolute atomic E-state index is 0.0301. The van der Waals surface area contributed by atoms with E-state index in [4.69, 9.17) is 4.74 Å². The first-order valence-electron chi connectivity index (χ1n) is 10.2. The Morgan fingerprint density at radius 3 is 2.40 bits per heavy atom. The minimum atomic E-state index is -3.01. The molecule has 2 aliphatic rings. The maximum absolute atomic E-state index is 12.7. The number of sulfone groups is 1. The lowest BCUT2D eigenvalue weighted by Gasteiger charge is -2.27. The summed E-state index contributed by atoms with van der Waals surface area (Å²) in [5, 5.41) is 0. The van der Waals surface area contributed by atoms with Crippen molar-refractivity contribution < 1.29 is 17.9 Å². The number of methoxy groups -OCH3 is 1. The number of benzene rings is 1. The fourth-order valence-corrected chi connectivity index (χ4v) is 5.45. The van der Waals surface area contributed by atoms with Crippen LogP contribution in [0.1, 0.15) is 35.2 Å². The third kappa shape index (κ3) is 4.28. The van der Waals surface area contributed by atoms with Gasteiger partial charge in [-0.1, -0.05) is 12.1 Å². The van der Waals surface area contributed by atoms with Crippen molar-refractivity contribution in [3.05, 3.63) is 53.7 Å². The van der Waals surface area contributed by atoms with Crippen molar-refractivity contribution in [1.82, 2.24) is 9.88 Å². The second kappa shape index (κ2) is 8.26. The Labute approximate surface area is 177 Å². The van der Waals surface area contributed by atoms with Crippen LogP contribution in [-0.4, -0.2) is 68.5 Å². The Morgan fingerprint density at radius 2 is 1.80 bits per heavy atom. The Hall–Kier alpha value is -2.61. The van der Waals surface area contributed by atoms with Gasteiger partial charge in [-0.05, 0) is 43.2 Å². The Bertz CT molecular complexity index is 992. The lowest BCUT2D eigenvalue weighted by Crippen LogP contribution is -2.43. The van der Waals surface area contributed by atoms with Gasteiger partial charge in [0.1, 0.15) is 11.6 Å². The van der Waals surface area contributed by atoms with Crippen LogP contribution in [0.5, 0.6) is 5.75 Å². The van der Waals surface area contributed by atoms with E-state index in [-0.39, 0.29) is 30.5 Å². The number of aromatic nitrogens is 1. The number of amides is 1. The zero-order valence-electron chi connectivity index (χ0n) is 17.3. The van der Waals surface area contributed by atoms with E-state index in [2.05, 4.69) is 28.9 Å². The summed E-state index contributed by atoms with van der Waals surface area (Å²) in [6.07, 6.45) is 2.64. The molecule has 2 aliphatic heterocycles. The highest BCUT2D eigenvalue weighted by atomic mass is 32.2. The quantitative estimate of drug-likeness (QED) is 0.742. The van der Waals surface area contributed by atoms with Gasteiger partial charge in [-0.15, -0.1) is 0 Å². The number of carbonyl (C=O) groups excluding carboxylic acids is 1. The van der Waals surface area contributed by atoms with E-state index < -0.39 is 9.84 Å². The molecule has 0 aliphatic carbocycles. The van der Waals surface area contributed by atoms with E-state index in [1.807, 2.05) is 18.2 Å². The molecular weight excluding hydrogens is 402 g/mol. The molecule has 1 amide bonds. The van der Waals surface area contributed by atoms with E-state index in [0.29, 0.717) is 17.5 Å². The zero-order chi connectivity index (χ0) is 21.3. The molecule has 2 fully saturated rings. The third-order valence-electron chi connectivity index (χ3n) is 6.08. The molecule has 160 valence electrons. The standard InChI is InChI=1S/C22H27N3O4S/c1-16-13-19(17-3-6-20(29-2)7-4-17)15-25(16)21-8-5-18(14-23-21)22(26)24-9-11-30(27,28)12-10-24/h3-8,14,16,19H,9-13,15H2,1-2H3. The number of rotatable bonds is 4. The lowest BCUT2D eigenvalue weighted by molar-refractivity contribution is 0.0770. The molecule has 7 nitrogen and oxygen atoms in total. The van der Waals surface area contributed by atoms with Crippen LogP contribution in [0, 0.1) is 0 Å². The van der Waals surface area contributed by atoms with Crippen LogP contribution in [0.25, 0.3) is 0 Å². The topological polar surface area (TPSA) is 79.8 Å². The fraction of sp³-hybridized carbons (Fsp3) is 0.455. The first kappa shape index (κ1) is 20.7. The Morgan fingerprint density at radius 1 is 1.10 bits per heavy atom. The van der Waals surface area contributed by atoms with E-state index in [9.17, 15) is 13.2 Å². The predicted octanol–water partition coefficient (Wildman–Crippen LogP) is 2.34. The molecule has 2 unspecified atom stereocenters. The smallest absolute Gasteiger partial charge is 0.255 e. The van der Waals surface area contributed by atoms with Crippen molar-refractivity contribution in [1.29, 1.82) is 0 Å². The number of carbonyl (C=O) groups is 1. The highest BCUT2D eigenvalue weighted by Crippen LogP contribution is 2.34. The highest BCUT2D eigenvalue weighted by molar-refractivity contribution is 7.91. The first-order chi connectivity index (χ1) is 14.4. The molecular formula is C22H27N3O4S. The Balaban J connectivity index is 1.42. The number of nitrogens with zero attached hydrogens (tertiary/aromatic N) is 3. The van der Waals surface area contributed by atoms with Crippen molar-refractivity contribution in [3.63, 3.8) is 0 Å². The molecule has 8 heteroatoms. The molecule has 4 rings (SSSR count). The summed E-state index contributed by atoms with van der Waals surface area (Å²) in [4.78, 5) is 21.1. The van der Waals surface area contributed by atoms with E-state index >= 15 is 0 Å². The second-order valence-corrected chi connectivity index (χ2v) is 10.4. The summed E-state index contributed by atoms with van der Waals surface area (Å²) in [5.41, 5.74) is 1.79. The van der Waals surface area contributed by atoms with Gasteiger partial charge in [0.15, 0.2) is 9.84 Å². The van der Waals surface area contributed by atoms with Crippen molar-refractivity contribution >= 4 is 21.6 Å². The van der Waals surface area contributed by atoms with Crippen molar-refractivity contribution in [2.24, 2.45) is 0 Å². The number of ether oxygens (including phenoxy) is 1. The SMILES string of the molecule is COc1ccc(C2CC(C)N(c3ccc(C(=O)N4CCS(=O)(=O)CC4)cn3)C2)cc1.